The Kier molecular flexibility index (Phi) is 3.06. The zero-order chi connectivity index (χ0) is 11.5. The summed E-state index contributed by atoms with van der Waals surface area (Å²) in [6.07, 6.45) is 1.82. The van der Waals surface area contributed by atoms with Gasteiger partial charge in [-0.25, -0.2) is 4.39 Å². The van der Waals surface area contributed by atoms with Crippen LogP contribution in [0.3, 0.4) is 0 Å². The van der Waals surface area contributed by atoms with Gasteiger partial charge >= 0.3 is 0 Å². The molecule has 0 N–H and O–H groups in total. The summed E-state index contributed by atoms with van der Waals surface area (Å²) in [6.45, 7) is 0. The lowest BCUT2D eigenvalue weighted by atomic mass is 10.1. The van der Waals surface area contributed by atoms with Crippen LogP contribution in [0.25, 0.3) is 0 Å². The molecule has 0 bridgehead atoms. The van der Waals surface area contributed by atoms with E-state index in [0.29, 0.717) is 17.7 Å². The van der Waals surface area contributed by atoms with Crippen molar-refractivity contribution < 1.29 is 13.6 Å². The second kappa shape index (κ2) is 4.49. The van der Waals surface area contributed by atoms with E-state index >= 15 is 0 Å². The Balaban J connectivity index is 2.14. The zero-order valence-electron chi connectivity index (χ0n) is 8.24. The lowest BCUT2D eigenvalue weighted by Gasteiger charge is -1.97. The van der Waals surface area contributed by atoms with Crippen LogP contribution in [0.2, 0.25) is 0 Å². The Hall–Kier alpha value is -1.61. The minimum Gasteiger partial charge on any atom is -0.468 e. The smallest absolute Gasteiger partial charge is 0.255 e. The molecule has 0 aliphatic heterocycles. The van der Waals surface area contributed by atoms with E-state index < -0.39 is 5.24 Å². The predicted molar refractivity (Wildman–Crippen MR) is 58.1 cm³/mol. The monoisotopic (exact) mass is 238 g/mol. The molecule has 16 heavy (non-hydrogen) atoms. The Bertz CT molecular complexity index is 502. The zero-order valence-corrected chi connectivity index (χ0v) is 9.00. The van der Waals surface area contributed by atoms with Gasteiger partial charge in [0.25, 0.3) is 5.24 Å². The van der Waals surface area contributed by atoms with Crippen molar-refractivity contribution in [3.8, 4) is 0 Å². The van der Waals surface area contributed by atoms with E-state index in [-0.39, 0.29) is 5.82 Å². The van der Waals surface area contributed by atoms with Crippen LogP contribution in [0.1, 0.15) is 21.7 Å². The molecule has 1 aromatic carbocycles. The summed E-state index contributed by atoms with van der Waals surface area (Å²) in [5.41, 5.74) is 1.24. The third kappa shape index (κ3) is 2.49. The van der Waals surface area contributed by atoms with Gasteiger partial charge in [-0.3, -0.25) is 4.79 Å². The molecule has 0 aliphatic rings. The highest BCUT2D eigenvalue weighted by Gasteiger charge is 2.07. The summed E-state index contributed by atoms with van der Waals surface area (Å²) < 4.78 is 17.8. The Labute approximate surface area is 96.6 Å². The molecule has 0 radical (unpaired) electrons. The first-order valence-corrected chi connectivity index (χ1v) is 5.04. The summed E-state index contributed by atoms with van der Waals surface area (Å²) >= 11 is 5.29. The number of carbonyl (C=O) groups is 1. The van der Waals surface area contributed by atoms with Gasteiger partial charge in [0.1, 0.15) is 17.8 Å². The second-order valence-electron chi connectivity index (χ2n) is 3.38. The number of halogens is 2. The molecule has 1 heterocycles. The first kappa shape index (κ1) is 10.9. The van der Waals surface area contributed by atoms with Crippen LogP contribution in [0.15, 0.2) is 41.0 Å². The number of hydrogen-bond acceptors (Lipinski definition) is 2. The third-order valence-electron chi connectivity index (χ3n) is 2.17. The van der Waals surface area contributed by atoms with Gasteiger partial charge in [0, 0.05) is 6.42 Å². The van der Waals surface area contributed by atoms with Crippen LogP contribution in [0.5, 0.6) is 0 Å². The van der Waals surface area contributed by atoms with E-state index in [2.05, 4.69) is 0 Å². The van der Waals surface area contributed by atoms with Crippen molar-refractivity contribution in [1.82, 2.24) is 0 Å². The van der Waals surface area contributed by atoms with Crippen molar-refractivity contribution in [2.75, 3.05) is 0 Å². The summed E-state index contributed by atoms with van der Waals surface area (Å²) in [7, 11) is 0. The van der Waals surface area contributed by atoms with Crippen molar-refractivity contribution in [3.05, 3.63) is 59.3 Å². The van der Waals surface area contributed by atoms with E-state index in [1.54, 1.807) is 18.2 Å². The van der Waals surface area contributed by atoms with Crippen molar-refractivity contribution in [2.24, 2.45) is 0 Å². The van der Waals surface area contributed by atoms with E-state index in [4.69, 9.17) is 16.0 Å². The summed E-state index contributed by atoms with van der Waals surface area (Å²) in [5, 5.41) is -0.547. The molecule has 0 spiro atoms. The second-order valence-corrected chi connectivity index (χ2v) is 3.72. The van der Waals surface area contributed by atoms with Gasteiger partial charge in [0.05, 0.1) is 5.56 Å². The molecule has 2 aromatic rings. The van der Waals surface area contributed by atoms with Gasteiger partial charge in [-0.1, -0.05) is 12.1 Å². The van der Waals surface area contributed by atoms with E-state index in [1.165, 1.54) is 18.4 Å². The van der Waals surface area contributed by atoms with Crippen LogP contribution in [0, 0.1) is 5.82 Å². The summed E-state index contributed by atoms with van der Waals surface area (Å²) in [6, 6.07) is 7.68. The number of carbonyl (C=O) groups excluding carboxylic acids is 1. The molecule has 0 atom stereocenters. The Morgan fingerprint density at radius 2 is 2.00 bits per heavy atom. The standard InChI is InChI=1S/C12H8ClFO2/c13-12(15)9-6-11(16-7-9)5-8-1-3-10(14)4-2-8/h1-4,6-7H,5H2. The molecule has 2 rings (SSSR count). The first-order valence-electron chi connectivity index (χ1n) is 4.67. The van der Waals surface area contributed by atoms with E-state index in [9.17, 15) is 9.18 Å². The fourth-order valence-electron chi connectivity index (χ4n) is 1.38. The molecule has 0 amide bonds. The van der Waals surface area contributed by atoms with Crippen molar-refractivity contribution in [1.29, 1.82) is 0 Å². The SMILES string of the molecule is O=C(Cl)c1coc(Cc2ccc(F)cc2)c1. The molecule has 2 nitrogen and oxygen atoms in total. The topological polar surface area (TPSA) is 30.2 Å². The van der Waals surface area contributed by atoms with Crippen LogP contribution >= 0.6 is 11.6 Å². The normalized spacial score (nSPS) is 10.4. The average Bonchev–Trinajstić information content (AvgIpc) is 2.70. The summed E-state index contributed by atoms with van der Waals surface area (Å²) in [5.74, 6) is 0.343. The highest BCUT2D eigenvalue weighted by atomic mass is 35.5. The number of benzene rings is 1. The molecule has 0 aliphatic carbocycles. The number of hydrogen-bond donors (Lipinski definition) is 0. The van der Waals surface area contributed by atoms with Crippen LogP contribution in [-0.2, 0) is 6.42 Å². The molecule has 82 valence electrons. The van der Waals surface area contributed by atoms with Gasteiger partial charge in [0.2, 0.25) is 0 Å². The van der Waals surface area contributed by atoms with E-state index in [1.807, 2.05) is 0 Å². The fourth-order valence-corrected chi connectivity index (χ4v) is 1.48. The minimum absolute atomic E-state index is 0.278. The molecular formula is C12H8ClFO2. The number of furan rings is 1. The molecule has 0 saturated heterocycles. The van der Waals surface area contributed by atoms with Gasteiger partial charge in [-0.05, 0) is 35.4 Å². The maximum Gasteiger partial charge on any atom is 0.255 e. The third-order valence-corrected chi connectivity index (χ3v) is 2.39. The minimum atomic E-state index is -0.547. The molecular weight excluding hydrogens is 231 g/mol. The van der Waals surface area contributed by atoms with Crippen molar-refractivity contribution >= 4 is 16.8 Å². The maximum atomic E-state index is 12.6. The average molecular weight is 239 g/mol. The predicted octanol–water partition coefficient (Wildman–Crippen LogP) is 3.39. The van der Waals surface area contributed by atoms with Crippen LogP contribution in [-0.4, -0.2) is 5.24 Å². The van der Waals surface area contributed by atoms with Crippen molar-refractivity contribution in [3.63, 3.8) is 0 Å². The Morgan fingerprint density at radius 1 is 1.31 bits per heavy atom. The van der Waals surface area contributed by atoms with Crippen LogP contribution < -0.4 is 0 Å². The van der Waals surface area contributed by atoms with Gasteiger partial charge < -0.3 is 4.42 Å². The highest BCUT2D eigenvalue weighted by molar-refractivity contribution is 6.67. The van der Waals surface area contributed by atoms with E-state index in [0.717, 1.165) is 5.56 Å². The Morgan fingerprint density at radius 3 is 2.56 bits per heavy atom. The first-order chi connectivity index (χ1) is 7.65. The quantitative estimate of drug-likeness (QED) is 0.768. The number of rotatable bonds is 3. The fraction of sp³-hybridized carbons (Fsp3) is 0.0833. The lowest BCUT2D eigenvalue weighted by molar-refractivity contribution is 0.108. The maximum absolute atomic E-state index is 12.6. The van der Waals surface area contributed by atoms with Gasteiger partial charge in [-0.2, -0.15) is 0 Å². The molecule has 0 saturated carbocycles. The molecule has 0 fully saturated rings. The van der Waals surface area contributed by atoms with Gasteiger partial charge in [-0.15, -0.1) is 0 Å². The van der Waals surface area contributed by atoms with Crippen LogP contribution in [0.4, 0.5) is 4.39 Å². The largest absolute Gasteiger partial charge is 0.468 e. The lowest BCUT2D eigenvalue weighted by Crippen LogP contribution is -1.87. The molecule has 0 unspecified atom stereocenters. The van der Waals surface area contributed by atoms with Gasteiger partial charge in [0.15, 0.2) is 0 Å². The summed E-state index contributed by atoms with van der Waals surface area (Å²) in [4.78, 5) is 10.8. The molecule has 1 aromatic heterocycles. The van der Waals surface area contributed by atoms with Crippen molar-refractivity contribution in [2.45, 2.75) is 6.42 Å². The highest BCUT2D eigenvalue weighted by Crippen LogP contribution is 2.15. The molecule has 4 heteroatoms.